The fraction of sp³-hybridized carbons (Fsp3) is 0. The molecule has 210 valence electrons. The Morgan fingerprint density at radius 2 is 1.11 bits per heavy atom. The molecule has 0 saturated carbocycles. The van der Waals surface area contributed by atoms with Crippen LogP contribution >= 0.6 is 0 Å². The number of benzene rings is 6. The van der Waals surface area contributed by atoms with E-state index in [0.29, 0.717) is 33.4 Å². The summed E-state index contributed by atoms with van der Waals surface area (Å²) in [5.41, 5.74) is 8.49. The minimum atomic E-state index is 0.412. The highest BCUT2D eigenvalue weighted by atomic mass is 16.3. The minimum Gasteiger partial charge on any atom is -0.456 e. The zero-order valence-electron chi connectivity index (χ0n) is 24.1. The summed E-state index contributed by atoms with van der Waals surface area (Å²) in [7, 11) is 0. The van der Waals surface area contributed by atoms with Crippen molar-refractivity contribution < 1.29 is 4.42 Å². The maximum Gasteiger partial charge on any atom is 0.135 e. The van der Waals surface area contributed by atoms with Gasteiger partial charge in [-0.15, -0.1) is 0 Å². The van der Waals surface area contributed by atoms with Gasteiger partial charge in [0.2, 0.25) is 0 Å². The third kappa shape index (κ3) is 3.79. The van der Waals surface area contributed by atoms with E-state index >= 15 is 0 Å². The van der Waals surface area contributed by atoms with Gasteiger partial charge in [-0.05, 0) is 71.8 Å². The second-order valence-electron chi connectivity index (χ2n) is 10.9. The first-order valence-electron chi connectivity index (χ1n) is 14.5. The molecule has 0 unspecified atom stereocenters. The summed E-state index contributed by atoms with van der Waals surface area (Å²) >= 11 is 0. The Balaban J connectivity index is 1.53. The van der Waals surface area contributed by atoms with Gasteiger partial charge in [0.15, 0.2) is 0 Å². The largest absolute Gasteiger partial charge is 0.456 e. The number of para-hydroxylation sites is 1. The first-order valence-corrected chi connectivity index (χ1v) is 14.5. The third-order valence-electron chi connectivity index (χ3n) is 8.58. The van der Waals surface area contributed by atoms with E-state index in [0.717, 1.165) is 60.6 Å². The van der Waals surface area contributed by atoms with Crippen LogP contribution in [0.2, 0.25) is 0 Å². The highest BCUT2D eigenvalue weighted by Gasteiger charge is 2.22. The van der Waals surface area contributed by atoms with Gasteiger partial charge in [-0.2, -0.15) is 21.0 Å². The monoisotopic (exact) mass is 585 g/mol. The molecule has 0 aliphatic rings. The standard InChI is InChI=1S/C40H19N5O/c41-20-25-6-3-7-26(21-42)38(25)24-14-16-31-35(18-24)45(29-15-17-37-33(19-29)30-10-1-2-13-36(30)46-37)34-12-5-11-32(40(31)34)39-27(22-43)8-4-9-28(39)23-44/h1-19H. The molecule has 0 N–H and O–H groups in total. The van der Waals surface area contributed by atoms with E-state index in [9.17, 15) is 21.0 Å². The number of furan rings is 1. The van der Waals surface area contributed by atoms with Gasteiger partial charge in [-0.1, -0.05) is 54.6 Å². The lowest BCUT2D eigenvalue weighted by molar-refractivity contribution is 0.669. The first kappa shape index (κ1) is 26.5. The van der Waals surface area contributed by atoms with Crippen molar-refractivity contribution in [3.8, 4) is 52.2 Å². The van der Waals surface area contributed by atoms with Gasteiger partial charge >= 0.3 is 0 Å². The van der Waals surface area contributed by atoms with Crippen LogP contribution in [0.15, 0.2) is 120 Å². The lowest BCUT2D eigenvalue weighted by atomic mass is 9.91. The van der Waals surface area contributed by atoms with Gasteiger partial charge in [-0.3, -0.25) is 0 Å². The Morgan fingerprint density at radius 3 is 1.80 bits per heavy atom. The van der Waals surface area contributed by atoms with Crippen molar-refractivity contribution in [3.05, 3.63) is 138 Å². The van der Waals surface area contributed by atoms with Crippen LogP contribution in [0.1, 0.15) is 22.3 Å². The topological polar surface area (TPSA) is 113 Å². The van der Waals surface area contributed by atoms with E-state index in [-0.39, 0.29) is 0 Å². The molecule has 0 saturated heterocycles. The smallest absolute Gasteiger partial charge is 0.135 e. The molecule has 8 aromatic rings. The van der Waals surface area contributed by atoms with Crippen LogP contribution in [0.3, 0.4) is 0 Å². The molecule has 46 heavy (non-hydrogen) atoms. The summed E-state index contributed by atoms with van der Waals surface area (Å²) in [5, 5.41) is 43.8. The zero-order valence-corrected chi connectivity index (χ0v) is 24.1. The van der Waals surface area contributed by atoms with Crippen molar-refractivity contribution in [1.82, 2.24) is 4.57 Å². The van der Waals surface area contributed by atoms with Gasteiger partial charge in [0.1, 0.15) is 11.2 Å². The van der Waals surface area contributed by atoms with Crippen LogP contribution in [0.4, 0.5) is 0 Å². The predicted octanol–water partition coefficient (Wildman–Crippen LogP) is 9.50. The maximum absolute atomic E-state index is 10.1. The van der Waals surface area contributed by atoms with Gasteiger partial charge < -0.3 is 8.98 Å². The Morgan fingerprint density at radius 1 is 0.478 bits per heavy atom. The summed E-state index contributed by atoms with van der Waals surface area (Å²) in [6, 6.07) is 45.2. The summed E-state index contributed by atoms with van der Waals surface area (Å²) in [6.07, 6.45) is 0. The molecule has 6 heteroatoms. The van der Waals surface area contributed by atoms with Crippen molar-refractivity contribution in [2.24, 2.45) is 0 Å². The van der Waals surface area contributed by atoms with Gasteiger partial charge in [-0.25, -0.2) is 0 Å². The van der Waals surface area contributed by atoms with Crippen molar-refractivity contribution in [2.45, 2.75) is 0 Å². The predicted molar refractivity (Wildman–Crippen MR) is 178 cm³/mol. The molecule has 2 aromatic heterocycles. The Bertz CT molecular complexity index is 2690. The van der Waals surface area contributed by atoms with Crippen molar-refractivity contribution in [1.29, 1.82) is 21.0 Å². The number of nitrogens with zero attached hydrogens (tertiary/aromatic N) is 5. The lowest BCUT2D eigenvalue weighted by Crippen LogP contribution is -1.95. The van der Waals surface area contributed by atoms with E-state index in [4.69, 9.17) is 4.42 Å². The number of aromatic nitrogens is 1. The number of nitriles is 4. The maximum atomic E-state index is 10.1. The highest BCUT2D eigenvalue weighted by molar-refractivity contribution is 6.17. The second-order valence-corrected chi connectivity index (χ2v) is 10.9. The Labute approximate surface area is 263 Å². The Kier molecular flexibility index (Phi) is 5.91. The van der Waals surface area contributed by atoms with Crippen LogP contribution in [-0.4, -0.2) is 4.57 Å². The summed E-state index contributed by atoms with van der Waals surface area (Å²) in [5.74, 6) is 0. The number of fused-ring (bicyclic) bond motifs is 6. The molecule has 6 nitrogen and oxygen atoms in total. The molecular weight excluding hydrogens is 566 g/mol. The average Bonchev–Trinajstić information content (AvgIpc) is 3.65. The lowest BCUT2D eigenvalue weighted by Gasteiger charge is -2.11. The van der Waals surface area contributed by atoms with Crippen LogP contribution in [0.5, 0.6) is 0 Å². The molecule has 0 aliphatic heterocycles. The highest BCUT2D eigenvalue weighted by Crippen LogP contribution is 2.43. The van der Waals surface area contributed by atoms with Crippen molar-refractivity contribution in [2.75, 3.05) is 0 Å². The van der Waals surface area contributed by atoms with E-state index in [2.05, 4.69) is 34.9 Å². The quantitative estimate of drug-likeness (QED) is 0.205. The summed E-state index contributed by atoms with van der Waals surface area (Å²) in [6.45, 7) is 0. The molecule has 0 aliphatic carbocycles. The fourth-order valence-electron chi connectivity index (χ4n) is 6.64. The number of rotatable bonds is 3. The molecule has 0 spiro atoms. The van der Waals surface area contributed by atoms with Crippen molar-refractivity contribution in [3.63, 3.8) is 0 Å². The molecule has 0 atom stereocenters. The number of hydrogen-bond acceptors (Lipinski definition) is 5. The fourth-order valence-corrected chi connectivity index (χ4v) is 6.64. The van der Waals surface area contributed by atoms with Gasteiger partial charge in [0, 0.05) is 38.4 Å². The molecular formula is C40H19N5O. The number of hydrogen-bond donors (Lipinski definition) is 0. The van der Waals surface area contributed by atoms with E-state index < -0.39 is 0 Å². The molecule has 0 radical (unpaired) electrons. The van der Waals surface area contributed by atoms with Crippen LogP contribution < -0.4 is 0 Å². The van der Waals surface area contributed by atoms with Gasteiger partial charge in [0.05, 0.1) is 57.6 Å². The summed E-state index contributed by atoms with van der Waals surface area (Å²) in [4.78, 5) is 0. The van der Waals surface area contributed by atoms with Crippen LogP contribution in [-0.2, 0) is 0 Å². The molecule has 2 heterocycles. The first-order chi connectivity index (χ1) is 22.6. The third-order valence-corrected chi connectivity index (χ3v) is 8.58. The Hall–Kier alpha value is -7.12. The SMILES string of the molecule is N#Cc1cccc(C#N)c1-c1ccc2c3c(-c4c(C#N)cccc4C#N)cccc3n(-c3ccc4oc5ccccc5c4c3)c2c1. The molecule has 6 aromatic carbocycles. The normalized spacial score (nSPS) is 11.0. The van der Waals surface area contributed by atoms with Crippen LogP contribution in [0, 0.1) is 45.3 Å². The second kappa shape index (κ2) is 10.3. The van der Waals surface area contributed by atoms with Crippen LogP contribution in [0.25, 0.3) is 71.7 Å². The van der Waals surface area contributed by atoms with E-state index in [1.54, 1.807) is 36.4 Å². The molecule has 8 rings (SSSR count). The molecule has 0 fully saturated rings. The molecule has 0 amide bonds. The average molecular weight is 586 g/mol. The minimum absolute atomic E-state index is 0.412. The summed E-state index contributed by atoms with van der Waals surface area (Å²) < 4.78 is 8.28. The zero-order chi connectivity index (χ0) is 31.4. The van der Waals surface area contributed by atoms with E-state index in [1.807, 2.05) is 72.8 Å². The molecule has 0 bridgehead atoms. The van der Waals surface area contributed by atoms with Gasteiger partial charge in [0.25, 0.3) is 0 Å². The van der Waals surface area contributed by atoms with E-state index in [1.165, 1.54) is 0 Å². The van der Waals surface area contributed by atoms with Crippen molar-refractivity contribution >= 4 is 43.7 Å².